The van der Waals surface area contributed by atoms with Crippen LogP contribution in [0.3, 0.4) is 0 Å². The average Bonchev–Trinajstić information content (AvgIpc) is 2.79. The van der Waals surface area contributed by atoms with Gasteiger partial charge in [-0.1, -0.05) is 19.3 Å². The minimum atomic E-state index is 0.136. The lowest BCUT2D eigenvalue weighted by molar-refractivity contribution is -0.132. The van der Waals surface area contributed by atoms with Crippen LogP contribution in [0.5, 0.6) is 0 Å². The minimum Gasteiger partial charge on any atom is -0.338 e. The van der Waals surface area contributed by atoms with Crippen LogP contribution in [-0.2, 0) is 0 Å². The molecular weight excluding hydrogens is 372 g/mol. The molecular formula is C25H32N4O. The summed E-state index contributed by atoms with van der Waals surface area (Å²) in [6.07, 6.45) is 16.3. The highest BCUT2D eigenvalue weighted by Gasteiger charge is 2.55. The van der Waals surface area contributed by atoms with Gasteiger partial charge in [0.05, 0.1) is 5.56 Å². The highest BCUT2D eigenvalue weighted by atomic mass is 16.2. The van der Waals surface area contributed by atoms with E-state index in [0.29, 0.717) is 17.5 Å². The molecule has 1 atom stereocenters. The van der Waals surface area contributed by atoms with E-state index in [1.165, 1.54) is 44.2 Å². The van der Waals surface area contributed by atoms with Crippen molar-refractivity contribution in [3.63, 3.8) is 0 Å². The molecule has 158 valence electrons. The zero-order valence-corrected chi connectivity index (χ0v) is 18.0. The smallest absolute Gasteiger partial charge is 0.255 e. The topological polar surface area (TPSA) is 49.3 Å². The van der Waals surface area contributed by atoms with Crippen molar-refractivity contribution in [3.05, 3.63) is 59.7 Å². The number of rotatable bonds is 3. The molecule has 2 aliphatic heterocycles. The monoisotopic (exact) mass is 404 g/mol. The first kappa shape index (κ1) is 19.7. The molecule has 1 spiro atoms. The highest BCUT2D eigenvalue weighted by Crippen LogP contribution is 2.58. The molecule has 0 radical (unpaired) electrons. The van der Waals surface area contributed by atoms with Crippen molar-refractivity contribution < 1.29 is 4.79 Å². The molecule has 1 unspecified atom stereocenters. The summed E-state index contributed by atoms with van der Waals surface area (Å²) in [6, 6.07) is 7.44. The second kappa shape index (κ2) is 8.10. The molecule has 1 aliphatic carbocycles. The number of pyridine rings is 2. The summed E-state index contributed by atoms with van der Waals surface area (Å²) < 4.78 is 0. The Bertz CT molecular complexity index is 885. The van der Waals surface area contributed by atoms with Gasteiger partial charge in [-0.05, 0) is 61.9 Å². The van der Waals surface area contributed by atoms with Gasteiger partial charge in [0.25, 0.3) is 5.91 Å². The molecule has 4 heterocycles. The summed E-state index contributed by atoms with van der Waals surface area (Å²) in [5.74, 6) is 0.136. The third-order valence-electron chi connectivity index (χ3n) is 7.77. The molecule has 5 rings (SSSR count). The Kier molecular flexibility index (Phi) is 5.32. The molecule has 2 aromatic heterocycles. The largest absolute Gasteiger partial charge is 0.338 e. The number of hydrogen-bond donors (Lipinski definition) is 0. The third-order valence-corrected chi connectivity index (χ3v) is 7.77. The van der Waals surface area contributed by atoms with Gasteiger partial charge in [0.15, 0.2) is 0 Å². The van der Waals surface area contributed by atoms with Gasteiger partial charge in [0.2, 0.25) is 0 Å². The van der Waals surface area contributed by atoms with Gasteiger partial charge >= 0.3 is 0 Å². The van der Waals surface area contributed by atoms with Crippen LogP contribution in [-0.4, -0.2) is 51.4 Å². The minimum absolute atomic E-state index is 0.136. The molecule has 0 bridgehead atoms. The van der Waals surface area contributed by atoms with E-state index < -0.39 is 0 Å². The number of carbonyl (C=O) groups excluding carboxylic acids is 1. The zero-order valence-electron chi connectivity index (χ0n) is 18.0. The SMILES string of the molecule is Cc1ccncc1C(=O)N1CCC(N2CC3(CCCCC3)C2c2ccncc2)CC1. The van der Waals surface area contributed by atoms with E-state index in [1.807, 2.05) is 30.3 Å². The molecule has 2 saturated heterocycles. The first-order chi connectivity index (χ1) is 14.7. The Morgan fingerprint density at radius 1 is 1.00 bits per heavy atom. The van der Waals surface area contributed by atoms with Gasteiger partial charge in [-0.2, -0.15) is 0 Å². The molecule has 2 aromatic rings. The second-order valence-electron chi connectivity index (χ2n) is 9.49. The summed E-state index contributed by atoms with van der Waals surface area (Å²) in [7, 11) is 0. The number of hydrogen-bond acceptors (Lipinski definition) is 4. The lowest BCUT2D eigenvalue weighted by Crippen LogP contribution is -2.63. The number of carbonyl (C=O) groups is 1. The van der Waals surface area contributed by atoms with Crippen molar-refractivity contribution in [2.75, 3.05) is 19.6 Å². The van der Waals surface area contributed by atoms with Gasteiger partial charge in [0, 0.05) is 61.9 Å². The highest BCUT2D eigenvalue weighted by molar-refractivity contribution is 5.95. The fourth-order valence-electron chi connectivity index (χ4n) is 6.16. The maximum atomic E-state index is 13.0. The maximum Gasteiger partial charge on any atom is 0.255 e. The predicted molar refractivity (Wildman–Crippen MR) is 117 cm³/mol. The standard InChI is InChI=1S/C25H32N4O/c1-19-5-12-27-17-22(19)24(30)28-15-8-21(9-16-28)29-18-25(10-3-2-4-11-25)23(29)20-6-13-26-14-7-20/h5-7,12-14,17,21,23H,2-4,8-11,15-16,18H2,1H3. The quantitative estimate of drug-likeness (QED) is 0.761. The molecule has 30 heavy (non-hydrogen) atoms. The van der Waals surface area contributed by atoms with Crippen molar-refractivity contribution in [2.24, 2.45) is 5.41 Å². The second-order valence-corrected chi connectivity index (χ2v) is 9.49. The molecule has 0 aromatic carbocycles. The maximum absolute atomic E-state index is 13.0. The zero-order chi connectivity index (χ0) is 20.6. The Balaban J connectivity index is 1.29. The Morgan fingerprint density at radius 3 is 2.40 bits per heavy atom. The van der Waals surface area contributed by atoms with Crippen molar-refractivity contribution in [2.45, 2.75) is 64.0 Å². The van der Waals surface area contributed by atoms with Gasteiger partial charge in [-0.25, -0.2) is 0 Å². The van der Waals surface area contributed by atoms with Crippen LogP contribution >= 0.6 is 0 Å². The molecule has 3 aliphatic rings. The number of piperidine rings is 1. The lowest BCUT2D eigenvalue weighted by Gasteiger charge is -2.63. The molecule has 0 N–H and O–H groups in total. The van der Waals surface area contributed by atoms with Crippen molar-refractivity contribution in [3.8, 4) is 0 Å². The van der Waals surface area contributed by atoms with Crippen molar-refractivity contribution >= 4 is 5.91 Å². The Labute approximate surface area is 179 Å². The molecule has 5 nitrogen and oxygen atoms in total. The van der Waals surface area contributed by atoms with E-state index in [-0.39, 0.29) is 5.91 Å². The summed E-state index contributed by atoms with van der Waals surface area (Å²) in [6.45, 7) is 4.89. The fraction of sp³-hybridized carbons (Fsp3) is 0.560. The molecule has 1 saturated carbocycles. The molecule has 1 amide bonds. The summed E-state index contributed by atoms with van der Waals surface area (Å²) in [4.78, 5) is 26.2. The first-order valence-corrected chi connectivity index (χ1v) is 11.5. The number of aryl methyl sites for hydroxylation is 1. The van der Waals surface area contributed by atoms with E-state index in [0.717, 1.165) is 37.1 Å². The fourth-order valence-corrected chi connectivity index (χ4v) is 6.16. The number of amides is 1. The van der Waals surface area contributed by atoms with Crippen molar-refractivity contribution in [1.82, 2.24) is 19.8 Å². The molecule has 5 heteroatoms. The van der Waals surface area contributed by atoms with Gasteiger partial charge in [-0.3, -0.25) is 19.7 Å². The summed E-state index contributed by atoms with van der Waals surface area (Å²) >= 11 is 0. The van der Waals surface area contributed by atoms with Crippen LogP contribution < -0.4 is 0 Å². The first-order valence-electron chi connectivity index (χ1n) is 11.5. The van der Waals surface area contributed by atoms with Crippen LogP contribution in [0.4, 0.5) is 0 Å². The van der Waals surface area contributed by atoms with Crippen LogP contribution in [0.2, 0.25) is 0 Å². The molecule has 3 fully saturated rings. The summed E-state index contributed by atoms with van der Waals surface area (Å²) in [5.41, 5.74) is 3.65. The summed E-state index contributed by atoms with van der Waals surface area (Å²) in [5, 5.41) is 0. The third kappa shape index (κ3) is 3.43. The van der Waals surface area contributed by atoms with Gasteiger partial charge < -0.3 is 4.90 Å². The predicted octanol–water partition coefficient (Wildman–Crippen LogP) is 4.40. The van der Waals surface area contributed by atoms with Crippen LogP contribution in [0.15, 0.2) is 43.0 Å². The normalized spacial score (nSPS) is 24.6. The number of likely N-dealkylation sites (tertiary alicyclic amines) is 2. The van der Waals surface area contributed by atoms with E-state index in [4.69, 9.17) is 0 Å². The Morgan fingerprint density at radius 2 is 1.70 bits per heavy atom. The van der Waals surface area contributed by atoms with E-state index in [2.05, 4.69) is 27.0 Å². The van der Waals surface area contributed by atoms with Gasteiger partial charge in [0.1, 0.15) is 0 Å². The van der Waals surface area contributed by atoms with Crippen LogP contribution in [0.25, 0.3) is 0 Å². The lowest BCUT2D eigenvalue weighted by atomic mass is 9.60. The van der Waals surface area contributed by atoms with Crippen LogP contribution in [0, 0.1) is 12.3 Å². The van der Waals surface area contributed by atoms with E-state index in [9.17, 15) is 4.79 Å². The Hall–Kier alpha value is -2.27. The number of aromatic nitrogens is 2. The van der Waals surface area contributed by atoms with Crippen molar-refractivity contribution in [1.29, 1.82) is 0 Å². The van der Waals surface area contributed by atoms with Crippen LogP contribution in [0.1, 0.15) is 72.5 Å². The van der Waals surface area contributed by atoms with E-state index >= 15 is 0 Å². The van der Waals surface area contributed by atoms with E-state index in [1.54, 1.807) is 12.4 Å². The average molecular weight is 405 g/mol. The van der Waals surface area contributed by atoms with Gasteiger partial charge in [-0.15, -0.1) is 0 Å². The number of nitrogens with zero attached hydrogens (tertiary/aromatic N) is 4.